The highest BCUT2D eigenvalue weighted by Gasteiger charge is 2.31. The third-order valence-electron chi connectivity index (χ3n) is 2.25. The van der Waals surface area contributed by atoms with E-state index in [0.717, 1.165) is 0 Å². The van der Waals surface area contributed by atoms with Crippen molar-refractivity contribution >= 4 is 12.1 Å². The zero-order chi connectivity index (χ0) is 11.9. The number of alkyl carbamates (subject to hydrolysis) is 1. The normalized spacial score (nSPS) is 13.7. The molecule has 1 atom stereocenters. The molecule has 0 saturated heterocycles. The second-order valence-corrected chi connectivity index (χ2v) is 3.46. The Labute approximate surface area is 89.1 Å². The molecule has 0 aliphatic rings. The van der Waals surface area contributed by atoms with Gasteiger partial charge in [0.1, 0.15) is 6.61 Å². The van der Waals surface area contributed by atoms with E-state index in [9.17, 15) is 9.59 Å². The first-order valence-corrected chi connectivity index (χ1v) is 4.71. The second kappa shape index (κ2) is 6.06. The molecule has 15 heavy (non-hydrogen) atoms. The summed E-state index contributed by atoms with van der Waals surface area (Å²) < 4.78 is 4.65. The van der Waals surface area contributed by atoms with E-state index >= 15 is 0 Å². The number of carbonyl (C=O) groups is 2. The van der Waals surface area contributed by atoms with Crippen molar-refractivity contribution in [2.75, 3.05) is 13.2 Å². The zero-order valence-electron chi connectivity index (χ0n) is 9.08. The number of ether oxygens (including phenoxy) is 1. The maximum Gasteiger partial charge on any atom is 0.407 e. The summed E-state index contributed by atoms with van der Waals surface area (Å²) in [5.74, 6) is -0.936. The van der Waals surface area contributed by atoms with E-state index in [0.29, 0.717) is 6.42 Å². The number of carboxylic acid groups (broad SMARTS) is 1. The van der Waals surface area contributed by atoms with Gasteiger partial charge in [0.2, 0.25) is 0 Å². The topological polar surface area (TPSA) is 75.6 Å². The van der Waals surface area contributed by atoms with E-state index in [4.69, 9.17) is 5.11 Å². The molecule has 0 spiro atoms. The van der Waals surface area contributed by atoms with Gasteiger partial charge >= 0.3 is 12.1 Å². The van der Waals surface area contributed by atoms with Crippen molar-refractivity contribution in [2.45, 2.75) is 20.3 Å². The predicted octanol–water partition coefficient (Wildman–Crippen LogP) is 1.40. The van der Waals surface area contributed by atoms with Crippen LogP contribution in [0.2, 0.25) is 0 Å². The van der Waals surface area contributed by atoms with Gasteiger partial charge in [-0.2, -0.15) is 0 Å². The second-order valence-electron chi connectivity index (χ2n) is 3.46. The molecule has 0 bridgehead atoms. The summed E-state index contributed by atoms with van der Waals surface area (Å²) in [7, 11) is 0. The lowest BCUT2D eigenvalue weighted by atomic mass is 9.88. The van der Waals surface area contributed by atoms with Gasteiger partial charge < -0.3 is 15.2 Å². The lowest BCUT2D eigenvalue weighted by molar-refractivity contribution is -0.147. The van der Waals surface area contributed by atoms with Crippen LogP contribution in [0.5, 0.6) is 0 Å². The third kappa shape index (κ3) is 4.49. The summed E-state index contributed by atoms with van der Waals surface area (Å²) in [6, 6.07) is 0. The molecule has 1 unspecified atom stereocenters. The molecule has 5 heteroatoms. The van der Waals surface area contributed by atoms with E-state index in [1.807, 2.05) is 0 Å². The molecule has 0 rings (SSSR count). The van der Waals surface area contributed by atoms with Crippen molar-refractivity contribution in [1.29, 1.82) is 0 Å². The van der Waals surface area contributed by atoms with Gasteiger partial charge in [-0.1, -0.05) is 19.6 Å². The van der Waals surface area contributed by atoms with Crippen LogP contribution in [0, 0.1) is 5.41 Å². The van der Waals surface area contributed by atoms with Gasteiger partial charge in [0, 0.05) is 6.54 Å². The van der Waals surface area contributed by atoms with Gasteiger partial charge in [0.15, 0.2) is 0 Å². The van der Waals surface area contributed by atoms with Crippen LogP contribution in [0.1, 0.15) is 20.3 Å². The minimum Gasteiger partial charge on any atom is -0.481 e. The number of carbonyl (C=O) groups excluding carboxylic acids is 1. The number of nitrogens with one attached hydrogen (secondary N) is 1. The van der Waals surface area contributed by atoms with Crippen molar-refractivity contribution in [1.82, 2.24) is 5.32 Å². The van der Waals surface area contributed by atoms with E-state index in [2.05, 4.69) is 16.6 Å². The maximum absolute atomic E-state index is 11.0. The zero-order valence-corrected chi connectivity index (χ0v) is 9.08. The minimum absolute atomic E-state index is 0.0504. The SMILES string of the molecule is C=CCOC(=O)NCC(C)(CC)C(=O)O. The largest absolute Gasteiger partial charge is 0.481 e. The number of rotatable bonds is 6. The van der Waals surface area contributed by atoms with Crippen LogP contribution in [-0.4, -0.2) is 30.3 Å². The monoisotopic (exact) mass is 215 g/mol. The Morgan fingerprint density at radius 1 is 1.60 bits per heavy atom. The van der Waals surface area contributed by atoms with Crippen LogP contribution in [0.4, 0.5) is 4.79 Å². The Bertz CT molecular complexity index is 252. The van der Waals surface area contributed by atoms with Gasteiger partial charge in [0.25, 0.3) is 0 Å². The van der Waals surface area contributed by atoms with Crippen LogP contribution < -0.4 is 5.32 Å². The number of hydrogen-bond donors (Lipinski definition) is 2. The quantitative estimate of drug-likeness (QED) is 0.657. The van der Waals surface area contributed by atoms with E-state index in [1.165, 1.54) is 6.08 Å². The highest BCUT2D eigenvalue weighted by Crippen LogP contribution is 2.19. The molecular formula is C10H17NO4. The van der Waals surface area contributed by atoms with Crippen molar-refractivity contribution < 1.29 is 19.4 Å². The Kier molecular flexibility index (Phi) is 5.44. The first kappa shape index (κ1) is 13.5. The van der Waals surface area contributed by atoms with E-state index in [-0.39, 0.29) is 13.2 Å². The first-order chi connectivity index (χ1) is 6.96. The van der Waals surface area contributed by atoms with E-state index < -0.39 is 17.5 Å². The molecule has 0 heterocycles. The van der Waals surface area contributed by atoms with Crippen LogP contribution >= 0.6 is 0 Å². The maximum atomic E-state index is 11.0. The van der Waals surface area contributed by atoms with Crippen molar-refractivity contribution in [3.8, 4) is 0 Å². The minimum atomic E-state index is -0.951. The van der Waals surface area contributed by atoms with Crippen LogP contribution in [0.3, 0.4) is 0 Å². The van der Waals surface area contributed by atoms with Crippen LogP contribution in [-0.2, 0) is 9.53 Å². The highest BCUT2D eigenvalue weighted by atomic mass is 16.5. The van der Waals surface area contributed by atoms with Gasteiger partial charge in [-0.05, 0) is 13.3 Å². The highest BCUT2D eigenvalue weighted by molar-refractivity contribution is 5.75. The Hall–Kier alpha value is -1.52. The molecule has 0 aliphatic heterocycles. The molecule has 1 amide bonds. The number of aliphatic carboxylic acids is 1. The fourth-order valence-electron chi connectivity index (χ4n) is 0.805. The molecule has 0 aromatic heterocycles. The summed E-state index contributed by atoms with van der Waals surface area (Å²) in [4.78, 5) is 21.9. The number of hydrogen-bond acceptors (Lipinski definition) is 3. The summed E-state index contributed by atoms with van der Waals surface area (Å²) in [5.41, 5.74) is -0.951. The van der Waals surface area contributed by atoms with Gasteiger partial charge in [-0.3, -0.25) is 4.79 Å². The van der Waals surface area contributed by atoms with Gasteiger partial charge in [-0.25, -0.2) is 4.79 Å². The third-order valence-corrected chi connectivity index (χ3v) is 2.25. The van der Waals surface area contributed by atoms with Crippen molar-refractivity contribution in [2.24, 2.45) is 5.41 Å². The van der Waals surface area contributed by atoms with Gasteiger partial charge in [0.05, 0.1) is 5.41 Å². The number of amides is 1. The summed E-state index contributed by atoms with van der Waals surface area (Å²) in [5, 5.41) is 11.3. The smallest absolute Gasteiger partial charge is 0.407 e. The molecule has 86 valence electrons. The van der Waals surface area contributed by atoms with E-state index in [1.54, 1.807) is 13.8 Å². The van der Waals surface area contributed by atoms with Crippen LogP contribution in [0.15, 0.2) is 12.7 Å². The lowest BCUT2D eigenvalue weighted by Crippen LogP contribution is -2.40. The Morgan fingerprint density at radius 2 is 2.20 bits per heavy atom. The predicted molar refractivity (Wildman–Crippen MR) is 55.6 cm³/mol. The molecule has 0 fully saturated rings. The standard InChI is InChI=1S/C10H17NO4/c1-4-6-15-9(14)11-7-10(3,5-2)8(12)13/h4H,1,5-7H2,2-3H3,(H,11,14)(H,12,13). The average molecular weight is 215 g/mol. The fourth-order valence-corrected chi connectivity index (χ4v) is 0.805. The van der Waals surface area contributed by atoms with Crippen LogP contribution in [0.25, 0.3) is 0 Å². The molecule has 0 radical (unpaired) electrons. The summed E-state index contributed by atoms with van der Waals surface area (Å²) in [6.07, 6.45) is 1.25. The van der Waals surface area contributed by atoms with Gasteiger partial charge in [-0.15, -0.1) is 0 Å². The average Bonchev–Trinajstić information content (AvgIpc) is 2.22. The first-order valence-electron chi connectivity index (χ1n) is 4.71. The van der Waals surface area contributed by atoms with Crippen molar-refractivity contribution in [3.63, 3.8) is 0 Å². The molecule has 2 N–H and O–H groups in total. The Morgan fingerprint density at radius 3 is 2.60 bits per heavy atom. The molecular weight excluding hydrogens is 198 g/mol. The van der Waals surface area contributed by atoms with Crippen molar-refractivity contribution in [3.05, 3.63) is 12.7 Å². The summed E-state index contributed by atoms with van der Waals surface area (Å²) >= 11 is 0. The molecule has 0 aromatic rings. The Balaban J connectivity index is 4.06. The lowest BCUT2D eigenvalue weighted by Gasteiger charge is -2.22. The molecule has 0 saturated carbocycles. The molecule has 0 aliphatic carbocycles. The number of carboxylic acids is 1. The molecule has 5 nitrogen and oxygen atoms in total. The molecule has 0 aromatic carbocycles. The summed E-state index contributed by atoms with van der Waals surface area (Å²) in [6.45, 7) is 6.88. The fraction of sp³-hybridized carbons (Fsp3) is 0.600.